The van der Waals surface area contributed by atoms with Gasteiger partial charge in [0.05, 0.1) is 5.54 Å². The van der Waals surface area contributed by atoms with E-state index in [1.807, 2.05) is 0 Å². The van der Waals surface area contributed by atoms with Gasteiger partial charge >= 0.3 is 0 Å². The van der Waals surface area contributed by atoms with E-state index in [1.54, 1.807) is 18.2 Å². The number of hydrogen-bond donors (Lipinski definition) is 4. The molecule has 0 bridgehead atoms. The topological polar surface area (TPSA) is 161 Å². The standard InChI is InChI=1S/C21H20ClN5O4S/c1-32(25,29)16-5-4-15(30-16)17(28)27-21(24)7-6-19(11-21)9-20(23,10-19)18-26-13-8-12(22)2-3-14(13)31-18/h2-5,8,25H,9-11,23-24H2,1H3,(H,27,28)/t19-,20+,21-,32?/m0/s1. The monoisotopic (exact) mass is 473 g/mol. The fourth-order valence-electron chi connectivity index (χ4n) is 4.49. The van der Waals surface area contributed by atoms with Gasteiger partial charge in [0, 0.05) is 23.1 Å². The van der Waals surface area contributed by atoms with Gasteiger partial charge in [-0.2, -0.15) is 0 Å². The van der Waals surface area contributed by atoms with Crippen LogP contribution in [0.5, 0.6) is 0 Å². The first kappa shape index (κ1) is 21.0. The SMILES string of the molecule is CS(=N)(=O)c1ccc(C(=O)N[C@@]2(N)C#C[C@]3(C2)C[C@](N)(c2nc4cc(Cl)ccc4o2)C3)o1. The summed E-state index contributed by atoms with van der Waals surface area (Å²) in [5.74, 6) is 5.81. The fraction of sp³-hybridized carbons (Fsp3) is 0.333. The Bertz CT molecular complexity index is 1440. The van der Waals surface area contributed by atoms with E-state index in [1.165, 1.54) is 18.4 Å². The zero-order chi connectivity index (χ0) is 22.9. The van der Waals surface area contributed by atoms with Gasteiger partial charge in [-0.3, -0.25) is 10.5 Å². The van der Waals surface area contributed by atoms with Gasteiger partial charge in [-0.05, 0) is 43.2 Å². The van der Waals surface area contributed by atoms with Gasteiger partial charge in [0.25, 0.3) is 5.91 Å². The van der Waals surface area contributed by atoms with Crippen molar-refractivity contribution < 1.29 is 17.8 Å². The van der Waals surface area contributed by atoms with Gasteiger partial charge in [-0.25, -0.2) is 14.0 Å². The molecule has 2 aliphatic rings. The highest BCUT2D eigenvalue weighted by Crippen LogP contribution is 2.57. The molecule has 6 N–H and O–H groups in total. The quantitative estimate of drug-likeness (QED) is 0.334. The van der Waals surface area contributed by atoms with Crippen molar-refractivity contribution in [3.8, 4) is 11.8 Å². The summed E-state index contributed by atoms with van der Waals surface area (Å²) in [6.45, 7) is 0. The van der Waals surface area contributed by atoms with E-state index >= 15 is 0 Å². The van der Waals surface area contributed by atoms with Crippen molar-refractivity contribution in [1.82, 2.24) is 10.3 Å². The van der Waals surface area contributed by atoms with Gasteiger partial charge in [0.15, 0.2) is 22.1 Å². The third-order valence-corrected chi connectivity index (χ3v) is 7.00. The van der Waals surface area contributed by atoms with Crippen molar-refractivity contribution in [3.63, 3.8) is 0 Å². The number of benzene rings is 1. The minimum Gasteiger partial charge on any atom is -0.441 e. The summed E-state index contributed by atoms with van der Waals surface area (Å²) in [5.41, 5.74) is 11.6. The van der Waals surface area contributed by atoms with Crippen molar-refractivity contribution in [2.45, 2.75) is 35.6 Å². The predicted octanol–water partition coefficient (Wildman–Crippen LogP) is 2.54. The minimum absolute atomic E-state index is 0.0748. The number of carbonyl (C=O) groups is 1. The normalized spacial score (nSPS) is 30.5. The highest BCUT2D eigenvalue weighted by Gasteiger charge is 2.59. The molecule has 32 heavy (non-hydrogen) atoms. The van der Waals surface area contributed by atoms with Crippen LogP contribution in [0.2, 0.25) is 5.02 Å². The Kier molecular flexibility index (Phi) is 4.33. The Labute approximate surface area is 188 Å². The highest BCUT2D eigenvalue weighted by atomic mass is 35.5. The van der Waals surface area contributed by atoms with E-state index in [2.05, 4.69) is 22.1 Å². The van der Waals surface area contributed by atoms with Crippen molar-refractivity contribution in [2.75, 3.05) is 6.26 Å². The number of halogens is 1. The Morgan fingerprint density at radius 1 is 1.22 bits per heavy atom. The van der Waals surface area contributed by atoms with Crippen molar-refractivity contribution >= 4 is 38.3 Å². The number of nitrogens with two attached hydrogens (primary N) is 2. The van der Waals surface area contributed by atoms with Crippen LogP contribution in [0.3, 0.4) is 0 Å². The lowest BCUT2D eigenvalue weighted by Crippen LogP contribution is -2.60. The second-order valence-electron chi connectivity index (χ2n) is 8.74. The molecule has 0 radical (unpaired) electrons. The molecule has 11 heteroatoms. The maximum absolute atomic E-state index is 12.6. The van der Waals surface area contributed by atoms with E-state index < -0.39 is 32.3 Å². The first-order valence-corrected chi connectivity index (χ1v) is 12.1. The largest absolute Gasteiger partial charge is 0.441 e. The van der Waals surface area contributed by atoms with Gasteiger partial charge in [0.1, 0.15) is 15.2 Å². The molecule has 2 aliphatic carbocycles. The van der Waals surface area contributed by atoms with Crippen LogP contribution in [0.25, 0.3) is 11.1 Å². The number of oxazole rings is 1. The zero-order valence-corrected chi connectivity index (χ0v) is 18.6. The second-order valence-corrected chi connectivity index (χ2v) is 11.3. The number of hydrogen-bond acceptors (Lipinski definition) is 8. The fourth-order valence-corrected chi connectivity index (χ4v) is 5.23. The van der Waals surface area contributed by atoms with Gasteiger partial charge < -0.3 is 19.9 Å². The third-order valence-electron chi connectivity index (χ3n) is 5.78. The van der Waals surface area contributed by atoms with Crippen molar-refractivity contribution in [1.29, 1.82) is 4.78 Å². The lowest BCUT2D eigenvalue weighted by Gasteiger charge is -2.49. The second kappa shape index (κ2) is 6.59. The summed E-state index contributed by atoms with van der Waals surface area (Å²) >= 11 is 6.02. The zero-order valence-electron chi connectivity index (χ0n) is 17.0. The van der Waals surface area contributed by atoms with Crippen LogP contribution in [0, 0.1) is 22.0 Å². The molecule has 1 spiro atoms. The summed E-state index contributed by atoms with van der Waals surface area (Å²) in [4.78, 5) is 17.1. The van der Waals surface area contributed by atoms with Crippen LogP contribution in [0.4, 0.5) is 0 Å². The van der Waals surface area contributed by atoms with Crippen LogP contribution < -0.4 is 16.8 Å². The Morgan fingerprint density at radius 3 is 2.66 bits per heavy atom. The number of fused-ring (bicyclic) bond motifs is 1. The number of nitrogens with zero attached hydrogens (tertiary/aromatic N) is 1. The number of amides is 1. The maximum Gasteiger partial charge on any atom is 0.289 e. The Hall–Kier alpha value is -2.84. The molecule has 1 aromatic carbocycles. The van der Waals surface area contributed by atoms with Gasteiger partial charge in [-0.1, -0.05) is 23.4 Å². The lowest BCUT2D eigenvalue weighted by molar-refractivity contribution is 0.0408. The summed E-state index contributed by atoms with van der Waals surface area (Å²) in [5, 5.41) is 3.16. The molecule has 2 atom stereocenters. The van der Waals surface area contributed by atoms with Crippen LogP contribution >= 0.6 is 11.6 Å². The molecule has 1 fully saturated rings. The number of carbonyl (C=O) groups excluding carboxylic acids is 1. The maximum atomic E-state index is 12.6. The molecule has 2 aromatic heterocycles. The van der Waals surface area contributed by atoms with Crippen LogP contribution in [-0.4, -0.2) is 27.0 Å². The highest BCUT2D eigenvalue weighted by molar-refractivity contribution is 7.91. The van der Waals surface area contributed by atoms with Crippen LogP contribution in [0.1, 0.15) is 35.7 Å². The van der Waals surface area contributed by atoms with Crippen LogP contribution in [0.15, 0.2) is 44.3 Å². The smallest absolute Gasteiger partial charge is 0.289 e. The van der Waals surface area contributed by atoms with Crippen LogP contribution in [-0.2, 0) is 15.3 Å². The first-order chi connectivity index (χ1) is 14.9. The molecular formula is C21H20ClN5O4S. The molecule has 0 saturated heterocycles. The predicted molar refractivity (Wildman–Crippen MR) is 117 cm³/mol. The first-order valence-electron chi connectivity index (χ1n) is 9.74. The molecule has 0 aliphatic heterocycles. The third kappa shape index (κ3) is 3.47. The van der Waals surface area contributed by atoms with Crippen molar-refractivity contribution in [2.24, 2.45) is 16.9 Å². The molecule has 1 saturated carbocycles. The molecule has 166 valence electrons. The summed E-state index contributed by atoms with van der Waals surface area (Å²) < 4.78 is 30.4. The minimum atomic E-state index is -3.06. The molecule has 1 unspecified atom stereocenters. The number of aromatic nitrogens is 1. The molecular weight excluding hydrogens is 454 g/mol. The van der Waals surface area contributed by atoms with E-state index in [-0.39, 0.29) is 10.9 Å². The van der Waals surface area contributed by atoms with Crippen molar-refractivity contribution in [3.05, 3.63) is 47.0 Å². The molecule has 2 heterocycles. The van der Waals surface area contributed by atoms with E-state index in [0.29, 0.717) is 41.3 Å². The molecule has 9 nitrogen and oxygen atoms in total. The van der Waals surface area contributed by atoms with E-state index in [0.717, 1.165) is 0 Å². The average molecular weight is 474 g/mol. The molecule has 5 rings (SSSR count). The van der Waals surface area contributed by atoms with E-state index in [4.69, 9.17) is 36.7 Å². The summed E-state index contributed by atoms with van der Waals surface area (Å²) in [6.07, 6.45) is 2.51. The van der Waals surface area contributed by atoms with Gasteiger partial charge in [0.2, 0.25) is 5.89 Å². The lowest BCUT2D eigenvalue weighted by atomic mass is 9.57. The average Bonchev–Trinajstić information content (AvgIpc) is 3.37. The molecule has 1 amide bonds. The van der Waals surface area contributed by atoms with Gasteiger partial charge in [-0.15, -0.1) is 0 Å². The Balaban J connectivity index is 1.29. The number of nitrogens with one attached hydrogen (secondary N) is 2. The molecule has 3 aromatic rings. The summed E-state index contributed by atoms with van der Waals surface area (Å²) in [7, 11) is -3.06. The summed E-state index contributed by atoms with van der Waals surface area (Å²) in [6, 6.07) is 7.90. The van der Waals surface area contributed by atoms with E-state index in [9.17, 15) is 9.00 Å². The number of furan rings is 1. The number of rotatable bonds is 4. The Morgan fingerprint density at radius 2 is 1.97 bits per heavy atom.